The molecule has 0 fully saturated rings. The molecule has 0 saturated carbocycles. The Bertz CT molecular complexity index is 624. The molecule has 0 aliphatic heterocycles. The lowest BCUT2D eigenvalue weighted by atomic mass is 9.97. The number of nitrogens with zero attached hydrogens (tertiary/aromatic N) is 1. The standard InChI is InChI=1S/C17H19N2O2/c1-3-13-9-10-16(17(11-13)21-4-2)15-8-6-5-7-14(15)12-18-19-20/h5-12,19-20H,1,3-4H2,2H3. The van der Waals surface area contributed by atoms with Gasteiger partial charge in [-0.3, -0.25) is 5.21 Å². The molecule has 4 nitrogen and oxygen atoms in total. The van der Waals surface area contributed by atoms with E-state index in [1.54, 1.807) is 11.8 Å². The number of rotatable bonds is 6. The molecule has 0 aromatic heterocycles. The maximum absolute atomic E-state index is 8.62. The molecule has 0 bridgehead atoms. The molecule has 4 heteroatoms. The van der Waals surface area contributed by atoms with Crippen molar-refractivity contribution in [2.24, 2.45) is 5.10 Å². The lowest BCUT2D eigenvalue weighted by Gasteiger charge is -2.13. The van der Waals surface area contributed by atoms with Crippen LogP contribution in [0.1, 0.15) is 18.1 Å². The van der Waals surface area contributed by atoms with Crippen molar-refractivity contribution in [1.82, 2.24) is 5.59 Å². The van der Waals surface area contributed by atoms with Crippen molar-refractivity contribution in [2.75, 3.05) is 6.61 Å². The summed E-state index contributed by atoms with van der Waals surface area (Å²) >= 11 is 0. The zero-order valence-electron chi connectivity index (χ0n) is 12.0. The lowest BCUT2D eigenvalue weighted by molar-refractivity contribution is 0.173. The highest BCUT2D eigenvalue weighted by Crippen LogP contribution is 2.33. The summed E-state index contributed by atoms with van der Waals surface area (Å²) in [6.07, 6.45) is 2.29. The summed E-state index contributed by atoms with van der Waals surface area (Å²) in [6, 6.07) is 13.9. The molecule has 0 aliphatic carbocycles. The highest BCUT2D eigenvalue weighted by Gasteiger charge is 2.10. The SMILES string of the molecule is [CH2]Cc1ccc(-c2ccccc2C=NNO)c(OCC)c1. The van der Waals surface area contributed by atoms with Gasteiger partial charge in [0.1, 0.15) is 5.75 Å². The summed E-state index contributed by atoms with van der Waals surface area (Å²) in [4.78, 5) is 0. The van der Waals surface area contributed by atoms with E-state index in [0.29, 0.717) is 6.61 Å². The van der Waals surface area contributed by atoms with Gasteiger partial charge in [0.2, 0.25) is 0 Å². The Hall–Kier alpha value is -2.33. The van der Waals surface area contributed by atoms with Crippen molar-refractivity contribution in [3.63, 3.8) is 0 Å². The summed E-state index contributed by atoms with van der Waals surface area (Å²) in [5, 5.41) is 12.3. The molecule has 0 heterocycles. The first kappa shape index (κ1) is 15.1. The molecule has 0 saturated heterocycles. The molecule has 109 valence electrons. The first-order chi connectivity index (χ1) is 10.3. The van der Waals surface area contributed by atoms with Crippen LogP contribution in [0, 0.1) is 6.92 Å². The number of hydrazone groups is 1. The molecular formula is C17H19N2O2. The Balaban J connectivity index is 2.53. The lowest BCUT2D eigenvalue weighted by Crippen LogP contribution is -1.99. The average molecular weight is 283 g/mol. The van der Waals surface area contributed by atoms with Crippen LogP contribution >= 0.6 is 0 Å². The maximum Gasteiger partial charge on any atom is 0.127 e. The molecule has 0 spiro atoms. The highest BCUT2D eigenvalue weighted by molar-refractivity contribution is 5.91. The molecule has 2 N–H and O–H groups in total. The monoisotopic (exact) mass is 283 g/mol. The third-order valence-electron chi connectivity index (χ3n) is 3.15. The maximum atomic E-state index is 8.62. The van der Waals surface area contributed by atoms with Crippen LogP contribution in [0.15, 0.2) is 47.6 Å². The van der Waals surface area contributed by atoms with Crippen LogP contribution < -0.4 is 10.3 Å². The molecule has 1 radical (unpaired) electrons. The van der Waals surface area contributed by atoms with Gasteiger partial charge in [0.25, 0.3) is 0 Å². The molecule has 0 aliphatic rings. The fraction of sp³-hybridized carbons (Fsp3) is 0.176. The molecular weight excluding hydrogens is 264 g/mol. The van der Waals surface area contributed by atoms with Gasteiger partial charge < -0.3 is 4.74 Å². The second kappa shape index (κ2) is 7.45. The van der Waals surface area contributed by atoms with Crippen LogP contribution in [0.3, 0.4) is 0 Å². The van der Waals surface area contributed by atoms with Gasteiger partial charge >= 0.3 is 0 Å². The fourth-order valence-electron chi connectivity index (χ4n) is 2.17. The first-order valence-electron chi connectivity index (χ1n) is 6.86. The number of benzene rings is 2. The van der Waals surface area contributed by atoms with Crippen molar-refractivity contribution in [3.05, 3.63) is 60.5 Å². The Morgan fingerprint density at radius 3 is 2.76 bits per heavy atom. The van der Waals surface area contributed by atoms with Crippen molar-refractivity contribution in [3.8, 4) is 16.9 Å². The number of nitrogens with one attached hydrogen (secondary N) is 1. The van der Waals surface area contributed by atoms with Crippen LogP contribution in [-0.4, -0.2) is 18.0 Å². The van der Waals surface area contributed by atoms with Crippen molar-refractivity contribution in [1.29, 1.82) is 0 Å². The quantitative estimate of drug-likeness (QED) is 0.630. The van der Waals surface area contributed by atoms with E-state index in [0.717, 1.165) is 34.4 Å². The van der Waals surface area contributed by atoms with E-state index in [9.17, 15) is 0 Å². The van der Waals surface area contributed by atoms with Gasteiger partial charge in [-0.15, -0.1) is 0 Å². The molecule has 0 atom stereocenters. The minimum Gasteiger partial charge on any atom is -0.493 e. The number of hydrogen-bond acceptors (Lipinski definition) is 4. The van der Waals surface area contributed by atoms with Gasteiger partial charge in [0.05, 0.1) is 12.8 Å². The number of ether oxygens (including phenoxy) is 1. The largest absolute Gasteiger partial charge is 0.493 e. The van der Waals surface area contributed by atoms with Crippen LogP contribution in [0.4, 0.5) is 0 Å². The minimum atomic E-state index is 0.599. The average Bonchev–Trinajstić information content (AvgIpc) is 2.53. The first-order valence-corrected chi connectivity index (χ1v) is 6.86. The zero-order valence-corrected chi connectivity index (χ0v) is 12.0. The van der Waals surface area contributed by atoms with Crippen LogP contribution in [0.5, 0.6) is 5.75 Å². The summed E-state index contributed by atoms with van der Waals surface area (Å²) in [5.74, 6) is 0.830. The number of hydrogen-bond donors (Lipinski definition) is 2. The Kier molecular flexibility index (Phi) is 5.35. The van der Waals surface area contributed by atoms with Crippen molar-refractivity contribution >= 4 is 6.21 Å². The van der Waals surface area contributed by atoms with Gasteiger partial charge in [0.15, 0.2) is 0 Å². The normalized spacial score (nSPS) is 10.8. The third kappa shape index (κ3) is 3.61. The van der Waals surface area contributed by atoms with Crippen LogP contribution in [0.2, 0.25) is 0 Å². The van der Waals surface area contributed by atoms with E-state index in [4.69, 9.17) is 9.94 Å². The zero-order chi connectivity index (χ0) is 15.1. The predicted octanol–water partition coefficient (Wildman–Crippen LogP) is 3.44. The topological polar surface area (TPSA) is 53.9 Å². The van der Waals surface area contributed by atoms with Gasteiger partial charge in [-0.25, -0.2) is 0 Å². The van der Waals surface area contributed by atoms with E-state index >= 15 is 0 Å². The minimum absolute atomic E-state index is 0.599. The second-order valence-electron chi connectivity index (χ2n) is 4.46. The van der Waals surface area contributed by atoms with E-state index in [1.165, 1.54) is 0 Å². The Labute approximate surface area is 125 Å². The summed E-state index contributed by atoms with van der Waals surface area (Å²) < 4.78 is 5.76. The van der Waals surface area contributed by atoms with E-state index < -0.39 is 0 Å². The second-order valence-corrected chi connectivity index (χ2v) is 4.46. The van der Waals surface area contributed by atoms with Crippen LogP contribution in [0.25, 0.3) is 11.1 Å². The van der Waals surface area contributed by atoms with Gasteiger partial charge in [-0.1, -0.05) is 36.4 Å². The van der Waals surface area contributed by atoms with Crippen molar-refractivity contribution in [2.45, 2.75) is 13.3 Å². The Morgan fingerprint density at radius 2 is 2.05 bits per heavy atom. The third-order valence-corrected chi connectivity index (χ3v) is 3.15. The molecule has 0 amide bonds. The van der Waals surface area contributed by atoms with Gasteiger partial charge in [-0.2, -0.15) is 10.7 Å². The molecule has 2 aromatic carbocycles. The fourth-order valence-corrected chi connectivity index (χ4v) is 2.17. The van der Waals surface area contributed by atoms with Gasteiger partial charge in [0, 0.05) is 11.1 Å². The molecule has 2 rings (SSSR count). The smallest absolute Gasteiger partial charge is 0.127 e. The van der Waals surface area contributed by atoms with E-state index in [2.05, 4.69) is 12.0 Å². The van der Waals surface area contributed by atoms with Crippen molar-refractivity contribution < 1.29 is 9.94 Å². The highest BCUT2D eigenvalue weighted by atomic mass is 16.5. The Morgan fingerprint density at radius 1 is 1.24 bits per heavy atom. The van der Waals surface area contributed by atoms with Crippen LogP contribution in [-0.2, 0) is 6.42 Å². The molecule has 0 unspecified atom stereocenters. The summed E-state index contributed by atoms with van der Waals surface area (Å²) in [5.41, 5.74) is 5.79. The molecule has 21 heavy (non-hydrogen) atoms. The summed E-state index contributed by atoms with van der Waals surface area (Å²) in [7, 11) is 0. The summed E-state index contributed by atoms with van der Waals surface area (Å²) in [6.45, 7) is 6.47. The molecule has 2 aromatic rings. The van der Waals surface area contributed by atoms with E-state index in [1.807, 2.05) is 49.4 Å². The van der Waals surface area contributed by atoms with Gasteiger partial charge in [-0.05, 0) is 37.5 Å². The van der Waals surface area contributed by atoms with E-state index in [-0.39, 0.29) is 0 Å². The predicted molar refractivity (Wildman–Crippen MR) is 84.6 cm³/mol.